The molecule has 1 aromatic heterocycles. The van der Waals surface area contributed by atoms with Crippen molar-refractivity contribution in [2.75, 3.05) is 18.4 Å². The van der Waals surface area contributed by atoms with E-state index < -0.39 is 0 Å². The van der Waals surface area contributed by atoms with Crippen LogP contribution in [0.3, 0.4) is 0 Å². The molecule has 0 bridgehead atoms. The van der Waals surface area contributed by atoms with Gasteiger partial charge in [-0.05, 0) is 37.1 Å². The van der Waals surface area contributed by atoms with Crippen LogP contribution < -0.4 is 5.32 Å². The highest BCUT2D eigenvalue weighted by atomic mass is 35.5. The molecule has 0 atom stereocenters. The van der Waals surface area contributed by atoms with Crippen molar-refractivity contribution in [2.45, 2.75) is 26.7 Å². The number of halogens is 1. The maximum absolute atomic E-state index is 13.2. The van der Waals surface area contributed by atoms with Crippen molar-refractivity contribution in [3.8, 4) is 0 Å². The molecule has 0 saturated carbocycles. The van der Waals surface area contributed by atoms with Crippen molar-refractivity contribution in [3.05, 3.63) is 64.3 Å². The molecule has 3 aromatic rings. The second kappa shape index (κ2) is 8.43. The highest BCUT2D eigenvalue weighted by molar-refractivity contribution is 6.36. The quantitative estimate of drug-likeness (QED) is 0.647. The van der Waals surface area contributed by atoms with Crippen LogP contribution in [0.25, 0.3) is 10.9 Å². The summed E-state index contributed by atoms with van der Waals surface area (Å²) in [5, 5.41) is 6.75. The Balaban J connectivity index is 1.58. The maximum atomic E-state index is 13.2. The Bertz CT molecular complexity index is 1190. The molecule has 2 N–H and O–H groups in total. The lowest BCUT2D eigenvalue weighted by Crippen LogP contribution is -2.45. The second-order valence-electron chi connectivity index (χ2n) is 7.60. The van der Waals surface area contributed by atoms with Gasteiger partial charge in [-0.3, -0.25) is 19.4 Å². The lowest BCUT2D eigenvalue weighted by Gasteiger charge is -2.28. The summed E-state index contributed by atoms with van der Waals surface area (Å²) >= 11 is 6.38. The average Bonchev–Trinajstić information content (AvgIpc) is 3.34. The first kappa shape index (κ1) is 20.9. The van der Waals surface area contributed by atoms with Crippen molar-refractivity contribution in [1.29, 1.82) is 0 Å². The van der Waals surface area contributed by atoms with Gasteiger partial charge in [-0.25, -0.2) is 5.01 Å². The van der Waals surface area contributed by atoms with Gasteiger partial charge in [0.05, 0.1) is 22.7 Å². The van der Waals surface area contributed by atoms with Crippen molar-refractivity contribution >= 4 is 45.9 Å². The molecule has 4 rings (SSSR count). The SMILES string of the molecule is CC(=O)Nc1cccc(C(=O)N2CCCN2C(=O)Cc2c(C)[nH]c3ccccc23)c1Cl. The summed E-state index contributed by atoms with van der Waals surface area (Å²) in [5.74, 6) is -0.787. The van der Waals surface area contributed by atoms with Crippen molar-refractivity contribution in [3.63, 3.8) is 0 Å². The zero-order chi connectivity index (χ0) is 22.1. The fourth-order valence-electron chi connectivity index (χ4n) is 4.01. The van der Waals surface area contributed by atoms with E-state index in [1.807, 2.05) is 31.2 Å². The van der Waals surface area contributed by atoms with E-state index in [4.69, 9.17) is 11.6 Å². The number of H-pyrrole nitrogens is 1. The van der Waals surface area contributed by atoms with E-state index in [0.29, 0.717) is 25.2 Å². The predicted octanol–water partition coefficient (Wildman–Crippen LogP) is 3.92. The number of hydrogen-bond donors (Lipinski definition) is 2. The number of fused-ring (bicyclic) bond motifs is 1. The minimum absolute atomic E-state index is 0.146. The molecule has 0 aliphatic carbocycles. The van der Waals surface area contributed by atoms with E-state index in [2.05, 4.69) is 10.3 Å². The third-order valence-electron chi connectivity index (χ3n) is 5.45. The molecule has 1 aliphatic rings. The summed E-state index contributed by atoms with van der Waals surface area (Å²) in [6.45, 7) is 4.22. The topological polar surface area (TPSA) is 85.5 Å². The average molecular weight is 439 g/mol. The van der Waals surface area contributed by atoms with Crippen LogP contribution in [-0.4, -0.2) is 45.8 Å². The van der Waals surface area contributed by atoms with Crippen LogP contribution in [0.4, 0.5) is 5.69 Å². The highest BCUT2D eigenvalue weighted by Gasteiger charge is 2.33. The highest BCUT2D eigenvalue weighted by Crippen LogP contribution is 2.29. The summed E-state index contributed by atoms with van der Waals surface area (Å²) < 4.78 is 0. The van der Waals surface area contributed by atoms with Crippen LogP contribution in [0.2, 0.25) is 5.02 Å². The number of aromatic nitrogens is 1. The standard InChI is InChI=1S/C23H23ClN4O3/c1-14-18(16-7-3-4-9-19(16)25-14)13-21(30)27-11-6-12-28(27)23(31)17-8-5-10-20(22(17)24)26-15(2)29/h3-5,7-10,25H,6,11-13H2,1-2H3,(H,26,29). The molecule has 1 saturated heterocycles. The van der Waals surface area contributed by atoms with E-state index in [1.165, 1.54) is 16.9 Å². The minimum atomic E-state index is -0.362. The number of nitrogens with one attached hydrogen (secondary N) is 2. The van der Waals surface area contributed by atoms with Crippen molar-refractivity contribution in [2.24, 2.45) is 0 Å². The largest absolute Gasteiger partial charge is 0.358 e. The summed E-state index contributed by atoms with van der Waals surface area (Å²) in [6.07, 6.45) is 0.882. The zero-order valence-electron chi connectivity index (χ0n) is 17.4. The minimum Gasteiger partial charge on any atom is -0.358 e. The van der Waals surface area contributed by atoms with Gasteiger partial charge in [-0.15, -0.1) is 0 Å². The number of rotatable bonds is 4. The van der Waals surface area contributed by atoms with Gasteiger partial charge >= 0.3 is 0 Å². The molecule has 8 heteroatoms. The van der Waals surface area contributed by atoms with Gasteiger partial charge in [0.1, 0.15) is 0 Å². The molecule has 2 aromatic carbocycles. The van der Waals surface area contributed by atoms with E-state index in [-0.39, 0.29) is 34.7 Å². The van der Waals surface area contributed by atoms with Crippen molar-refractivity contribution < 1.29 is 14.4 Å². The number of aryl methyl sites for hydroxylation is 1. The fourth-order valence-corrected chi connectivity index (χ4v) is 4.26. The number of hydrazine groups is 1. The van der Waals surface area contributed by atoms with Crippen LogP contribution in [0, 0.1) is 6.92 Å². The van der Waals surface area contributed by atoms with Gasteiger partial charge in [0.25, 0.3) is 5.91 Å². The van der Waals surface area contributed by atoms with Crippen LogP contribution >= 0.6 is 11.6 Å². The van der Waals surface area contributed by atoms with E-state index in [1.54, 1.807) is 18.2 Å². The molecule has 31 heavy (non-hydrogen) atoms. The second-order valence-corrected chi connectivity index (χ2v) is 7.98. The normalized spacial score (nSPS) is 13.6. The molecule has 160 valence electrons. The number of amides is 3. The number of carbonyl (C=O) groups is 3. The number of hydrogen-bond acceptors (Lipinski definition) is 3. The van der Waals surface area contributed by atoms with E-state index in [0.717, 1.165) is 22.2 Å². The fraction of sp³-hybridized carbons (Fsp3) is 0.261. The number of para-hydroxylation sites is 1. The molecule has 1 fully saturated rings. The Hall–Kier alpha value is -3.32. The molecule has 2 heterocycles. The molecule has 0 radical (unpaired) electrons. The summed E-state index contributed by atoms with van der Waals surface area (Å²) in [6, 6.07) is 12.7. The third-order valence-corrected chi connectivity index (χ3v) is 5.86. The predicted molar refractivity (Wildman–Crippen MR) is 120 cm³/mol. The van der Waals surface area contributed by atoms with E-state index in [9.17, 15) is 14.4 Å². The van der Waals surface area contributed by atoms with Gasteiger partial charge < -0.3 is 10.3 Å². The lowest BCUT2D eigenvalue weighted by molar-refractivity contribution is -0.139. The molecule has 0 unspecified atom stereocenters. The molecule has 3 amide bonds. The van der Waals surface area contributed by atoms with Crippen LogP contribution in [0.1, 0.15) is 35.0 Å². The van der Waals surface area contributed by atoms with Crippen molar-refractivity contribution in [1.82, 2.24) is 15.0 Å². The molecule has 7 nitrogen and oxygen atoms in total. The Kier molecular flexibility index (Phi) is 5.69. The monoisotopic (exact) mass is 438 g/mol. The Morgan fingerprint density at radius 1 is 1.06 bits per heavy atom. The summed E-state index contributed by atoms with van der Waals surface area (Å²) in [4.78, 5) is 41.1. The van der Waals surface area contributed by atoms with Gasteiger partial charge in [0.15, 0.2) is 0 Å². The number of benzene rings is 2. The number of aromatic amines is 1. The van der Waals surface area contributed by atoms with Crippen LogP contribution in [-0.2, 0) is 16.0 Å². The van der Waals surface area contributed by atoms with Crippen LogP contribution in [0.15, 0.2) is 42.5 Å². The lowest BCUT2D eigenvalue weighted by atomic mass is 10.1. The summed E-state index contributed by atoms with van der Waals surface area (Å²) in [5.41, 5.74) is 3.48. The van der Waals surface area contributed by atoms with Gasteiger partial charge in [0.2, 0.25) is 11.8 Å². The molecular formula is C23H23ClN4O3. The summed E-state index contributed by atoms with van der Waals surface area (Å²) in [7, 11) is 0. The molecule has 0 spiro atoms. The first-order valence-electron chi connectivity index (χ1n) is 10.1. The van der Waals surface area contributed by atoms with Crippen LogP contribution in [0.5, 0.6) is 0 Å². The van der Waals surface area contributed by atoms with Gasteiger partial charge in [-0.2, -0.15) is 0 Å². The first-order chi connectivity index (χ1) is 14.9. The maximum Gasteiger partial charge on any atom is 0.274 e. The Morgan fingerprint density at radius 2 is 1.81 bits per heavy atom. The number of nitrogens with zero attached hydrogens (tertiary/aromatic N) is 2. The smallest absolute Gasteiger partial charge is 0.274 e. The van der Waals surface area contributed by atoms with Gasteiger partial charge in [0, 0.05) is 36.6 Å². The third kappa shape index (κ3) is 4.01. The van der Waals surface area contributed by atoms with E-state index >= 15 is 0 Å². The first-order valence-corrected chi connectivity index (χ1v) is 10.5. The number of anilines is 1. The number of carbonyl (C=O) groups excluding carboxylic acids is 3. The molecule has 1 aliphatic heterocycles. The zero-order valence-corrected chi connectivity index (χ0v) is 18.1. The Morgan fingerprint density at radius 3 is 2.58 bits per heavy atom. The van der Waals surface area contributed by atoms with Gasteiger partial charge in [-0.1, -0.05) is 35.9 Å². The Labute approximate surface area is 184 Å². The molecular weight excluding hydrogens is 416 g/mol.